The van der Waals surface area contributed by atoms with Crippen molar-refractivity contribution < 1.29 is 18.3 Å². The third-order valence-corrected chi connectivity index (χ3v) is 3.51. The molecule has 0 bridgehead atoms. The first-order chi connectivity index (χ1) is 7.90. The molecule has 1 aliphatic rings. The lowest BCUT2D eigenvalue weighted by Gasteiger charge is -2.40. The quantitative estimate of drug-likeness (QED) is 0.796. The Morgan fingerprint density at radius 2 is 1.88 bits per heavy atom. The van der Waals surface area contributed by atoms with Gasteiger partial charge in [0.15, 0.2) is 0 Å². The molecular weight excluding hydrogens is 233 g/mol. The van der Waals surface area contributed by atoms with E-state index in [-0.39, 0.29) is 12.5 Å². The van der Waals surface area contributed by atoms with E-state index in [0.717, 1.165) is 0 Å². The smallest absolute Gasteiger partial charge is 0.396 e. The number of nitrogens with two attached hydrogens (primary N) is 1. The van der Waals surface area contributed by atoms with Gasteiger partial charge in [0.2, 0.25) is 0 Å². The molecule has 3 nitrogen and oxygen atoms in total. The molecular formula is C11H21F3N2O. The predicted molar refractivity (Wildman–Crippen MR) is 59.5 cm³/mol. The highest BCUT2D eigenvalue weighted by molar-refractivity contribution is 4.89. The Morgan fingerprint density at radius 1 is 1.35 bits per heavy atom. The second-order valence-corrected chi connectivity index (χ2v) is 4.72. The van der Waals surface area contributed by atoms with Crippen LogP contribution in [0, 0.1) is 5.92 Å². The van der Waals surface area contributed by atoms with E-state index < -0.39 is 18.3 Å². The molecule has 0 amide bonds. The minimum atomic E-state index is -4.28. The summed E-state index contributed by atoms with van der Waals surface area (Å²) in [6.45, 7) is 2.46. The first-order valence-corrected chi connectivity index (χ1v) is 6.07. The number of piperidine rings is 1. The lowest BCUT2D eigenvalue weighted by molar-refractivity contribution is -0.193. The molecule has 0 spiro atoms. The highest BCUT2D eigenvalue weighted by Crippen LogP contribution is 2.30. The van der Waals surface area contributed by atoms with Gasteiger partial charge in [0.1, 0.15) is 6.04 Å². The zero-order chi connectivity index (χ0) is 13.1. The molecule has 102 valence electrons. The van der Waals surface area contributed by atoms with Crippen molar-refractivity contribution in [2.75, 3.05) is 19.7 Å². The fraction of sp³-hybridized carbons (Fsp3) is 1.00. The fourth-order valence-corrected chi connectivity index (χ4v) is 2.36. The topological polar surface area (TPSA) is 49.5 Å². The molecule has 0 aromatic carbocycles. The Kier molecular flexibility index (Phi) is 5.22. The van der Waals surface area contributed by atoms with Gasteiger partial charge in [-0.15, -0.1) is 0 Å². The molecule has 6 heteroatoms. The van der Waals surface area contributed by atoms with Crippen LogP contribution in [0.15, 0.2) is 0 Å². The third kappa shape index (κ3) is 3.82. The number of aliphatic hydroxyl groups excluding tert-OH is 1. The summed E-state index contributed by atoms with van der Waals surface area (Å²) in [6.07, 6.45) is -2.75. The van der Waals surface area contributed by atoms with Crippen LogP contribution < -0.4 is 5.73 Å². The minimum absolute atomic E-state index is 0.0599. The van der Waals surface area contributed by atoms with E-state index in [2.05, 4.69) is 0 Å². The molecule has 0 aromatic rings. The van der Waals surface area contributed by atoms with E-state index in [0.29, 0.717) is 32.4 Å². The van der Waals surface area contributed by atoms with E-state index in [9.17, 15) is 13.2 Å². The largest absolute Gasteiger partial charge is 0.405 e. The zero-order valence-corrected chi connectivity index (χ0v) is 10.1. The number of nitrogens with zero attached hydrogens (tertiary/aromatic N) is 1. The molecule has 0 aliphatic carbocycles. The minimum Gasteiger partial charge on any atom is -0.396 e. The Morgan fingerprint density at radius 3 is 2.24 bits per heavy atom. The standard InChI is InChI=1S/C11H21F3N2O/c1-2-9(15)10(11(12,13)14)16-5-3-8(7-17)4-6-16/h8-10,17H,2-7,15H2,1H3. The summed E-state index contributed by atoms with van der Waals surface area (Å²) >= 11 is 0. The van der Waals surface area contributed by atoms with Crippen molar-refractivity contribution in [2.24, 2.45) is 11.7 Å². The highest BCUT2D eigenvalue weighted by Gasteiger charge is 2.47. The van der Waals surface area contributed by atoms with Crippen LogP contribution in [-0.4, -0.2) is 48.0 Å². The first kappa shape index (κ1) is 14.7. The average Bonchev–Trinajstić information content (AvgIpc) is 2.28. The maximum absolute atomic E-state index is 12.9. The molecule has 1 heterocycles. The van der Waals surface area contributed by atoms with Gasteiger partial charge >= 0.3 is 6.18 Å². The number of hydrogen-bond donors (Lipinski definition) is 2. The number of halogens is 3. The SMILES string of the molecule is CCC(N)C(N1CCC(CO)CC1)C(F)(F)F. The third-order valence-electron chi connectivity index (χ3n) is 3.51. The molecule has 0 radical (unpaired) electrons. The molecule has 3 N–H and O–H groups in total. The van der Waals surface area contributed by atoms with Gasteiger partial charge in [0.05, 0.1) is 0 Å². The summed E-state index contributed by atoms with van der Waals surface area (Å²) in [5, 5.41) is 8.97. The summed E-state index contributed by atoms with van der Waals surface area (Å²) in [5.74, 6) is 0.137. The Labute approximate surface area is 99.8 Å². The second kappa shape index (κ2) is 6.02. The summed E-state index contributed by atoms with van der Waals surface area (Å²) < 4.78 is 38.8. The van der Waals surface area contributed by atoms with Crippen molar-refractivity contribution in [1.82, 2.24) is 4.90 Å². The maximum atomic E-state index is 12.9. The van der Waals surface area contributed by atoms with Crippen molar-refractivity contribution in [2.45, 2.75) is 44.4 Å². The van der Waals surface area contributed by atoms with Gasteiger partial charge in [-0.05, 0) is 38.3 Å². The van der Waals surface area contributed by atoms with Gasteiger partial charge in [-0.2, -0.15) is 13.2 Å². The van der Waals surface area contributed by atoms with Crippen LogP contribution in [0.3, 0.4) is 0 Å². The van der Waals surface area contributed by atoms with Gasteiger partial charge in [-0.1, -0.05) is 6.92 Å². The van der Waals surface area contributed by atoms with Crippen LogP contribution in [0.5, 0.6) is 0 Å². The number of hydrogen-bond acceptors (Lipinski definition) is 3. The molecule has 0 aromatic heterocycles. The summed E-state index contributed by atoms with van der Waals surface area (Å²) in [7, 11) is 0. The van der Waals surface area contributed by atoms with Crippen molar-refractivity contribution in [3.05, 3.63) is 0 Å². The monoisotopic (exact) mass is 254 g/mol. The van der Waals surface area contributed by atoms with Crippen LogP contribution in [0.4, 0.5) is 13.2 Å². The Bertz CT molecular complexity index is 227. The van der Waals surface area contributed by atoms with Gasteiger partial charge < -0.3 is 10.8 Å². The van der Waals surface area contributed by atoms with Crippen LogP contribution in [-0.2, 0) is 0 Å². The normalized spacial score (nSPS) is 23.6. The highest BCUT2D eigenvalue weighted by atomic mass is 19.4. The molecule has 17 heavy (non-hydrogen) atoms. The molecule has 1 saturated heterocycles. The first-order valence-electron chi connectivity index (χ1n) is 6.07. The maximum Gasteiger partial charge on any atom is 0.405 e. The lowest BCUT2D eigenvalue weighted by Crippen LogP contribution is -2.57. The van der Waals surface area contributed by atoms with Crippen LogP contribution in [0.25, 0.3) is 0 Å². The number of rotatable bonds is 4. The number of aliphatic hydroxyl groups is 1. The zero-order valence-electron chi connectivity index (χ0n) is 10.1. The van der Waals surface area contributed by atoms with Crippen molar-refractivity contribution in [3.63, 3.8) is 0 Å². The van der Waals surface area contributed by atoms with Crippen LogP contribution >= 0.6 is 0 Å². The van der Waals surface area contributed by atoms with Crippen molar-refractivity contribution in [1.29, 1.82) is 0 Å². The lowest BCUT2D eigenvalue weighted by atomic mass is 9.94. The van der Waals surface area contributed by atoms with Crippen molar-refractivity contribution >= 4 is 0 Å². The molecule has 2 atom stereocenters. The van der Waals surface area contributed by atoms with E-state index >= 15 is 0 Å². The van der Waals surface area contributed by atoms with E-state index in [4.69, 9.17) is 10.8 Å². The van der Waals surface area contributed by atoms with E-state index in [1.807, 2.05) is 0 Å². The molecule has 0 saturated carbocycles. The number of alkyl halides is 3. The molecule has 2 unspecified atom stereocenters. The van der Waals surface area contributed by atoms with E-state index in [1.165, 1.54) is 4.90 Å². The molecule has 1 aliphatic heterocycles. The average molecular weight is 254 g/mol. The van der Waals surface area contributed by atoms with E-state index in [1.54, 1.807) is 6.92 Å². The second-order valence-electron chi connectivity index (χ2n) is 4.72. The Hall–Kier alpha value is -0.330. The van der Waals surface area contributed by atoms with Gasteiger partial charge in [-0.3, -0.25) is 4.90 Å². The van der Waals surface area contributed by atoms with Gasteiger partial charge in [0, 0.05) is 12.6 Å². The van der Waals surface area contributed by atoms with Crippen LogP contribution in [0.2, 0.25) is 0 Å². The van der Waals surface area contributed by atoms with Crippen LogP contribution in [0.1, 0.15) is 26.2 Å². The van der Waals surface area contributed by atoms with Gasteiger partial charge in [-0.25, -0.2) is 0 Å². The molecule has 1 rings (SSSR count). The Balaban J connectivity index is 2.66. The summed E-state index contributed by atoms with van der Waals surface area (Å²) in [6, 6.07) is -2.42. The van der Waals surface area contributed by atoms with Gasteiger partial charge in [0.25, 0.3) is 0 Å². The summed E-state index contributed by atoms with van der Waals surface area (Å²) in [4.78, 5) is 1.42. The molecule has 1 fully saturated rings. The summed E-state index contributed by atoms with van der Waals surface area (Å²) in [5.41, 5.74) is 5.59. The van der Waals surface area contributed by atoms with Crippen molar-refractivity contribution in [3.8, 4) is 0 Å². The fourth-order valence-electron chi connectivity index (χ4n) is 2.36. The predicted octanol–water partition coefficient (Wildman–Crippen LogP) is 1.36. The number of likely N-dealkylation sites (tertiary alicyclic amines) is 1.